The molecule has 1 rings (SSSR count). The zero-order valence-electron chi connectivity index (χ0n) is 9.10. The molecule has 0 aromatic carbocycles. The molecule has 0 N–H and O–H groups in total. The quantitative estimate of drug-likeness (QED) is 0.696. The van der Waals surface area contributed by atoms with E-state index in [0.717, 1.165) is 0 Å². The minimum atomic E-state index is -4.56. The number of alkyl halides is 3. The lowest BCUT2D eigenvalue weighted by Crippen LogP contribution is -2.53. The van der Waals surface area contributed by atoms with Gasteiger partial charge in [0.2, 0.25) is 0 Å². The monoisotopic (exact) mass is 241 g/mol. The molecule has 0 saturated heterocycles. The molecule has 15 heavy (non-hydrogen) atoms. The summed E-state index contributed by atoms with van der Waals surface area (Å²) in [5.41, 5.74) is 0.297. The maximum atomic E-state index is 12.8. The zero-order chi connectivity index (χ0) is 11.9. The van der Waals surface area contributed by atoms with Gasteiger partial charge in [-0.15, -0.1) is 0 Å². The smallest absolute Gasteiger partial charge is 0.373 e. The summed E-state index contributed by atoms with van der Waals surface area (Å²) in [5, 5.41) is 3.33. The highest BCUT2D eigenvalue weighted by Crippen LogP contribution is 2.42. The average molecular weight is 241 g/mol. The van der Waals surface area contributed by atoms with Gasteiger partial charge in [-0.05, 0) is 26.6 Å². The zero-order valence-corrected chi connectivity index (χ0v) is 10.1. The van der Waals surface area contributed by atoms with Gasteiger partial charge in [-0.2, -0.15) is 13.2 Å². The van der Waals surface area contributed by atoms with Gasteiger partial charge < -0.3 is 9.26 Å². The van der Waals surface area contributed by atoms with Gasteiger partial charge >= 0.3 is 12.0 Å². The molecule has 0 aromatic rings. The average Bonchev–Trinajstić information content (AvgIpc) is 2.27. The summed E-state index contributed by atoms with van der Waals surface area (Å²) in [6.45, 7) is 6.52. The molecule has 0 bridgehead atoms. The van der Waals surface area contributed by atoms with Gasteiger partial charge in [0.1, 0.15) is 0 Å². The summed E-state index contributed by atoms with van der Waals surface area (Å²) in [6, 6.07) is 0. The molecule has 0 amide bonds. The van der Waals surface area contributed by atoms with Crippen molar-refractivity contribution in [1.29, 1.82) is 0 Å². The highest BCUT2D eigenvalue weighted by Gasteiger charge is 2.63. The molecule has 1 atom stereocenters. The largest absolute Gasteiger partial charge is 0.457 e. The lowest BCUT2D eigenvalue weighted by molar-refractivity contribution is -0.346. The Morgan fingerprint density at radius 2 is 1.93 bits per heavy atom. The van der Waals surface area contributed by atoms with E-state index in [1.54, 1.807) is 19.6 Å². The summed E-state index contributed by atoms with van der Waals surface area (Å²) in [7, 11) is -2.35. The lowest BCUT2D eigenvalue weighted by atomic mass is 10.1. The van der Waals surface area contributed by atoms with E-state index >= 15 is 0 Å². The lowest BCUT2D eigenvalue weighted by Gasteiger charge is -2.34. The highest BCUT2D eigenvalue weighted by molar-refractivity contribution is 6.69. The van der Waals surface area contributed by atoms with E-state index in [1.165, 1.54) is 6.92 Å². The predicted molar refractivity (Wildman–Crippen MR) is 52.0 cm³/mol. The molecule has 0 saturated carbocycles. The van der Waals surface area contributed by atoms with E-state index in [-0.39, 0.29) is 6.42 Å². The molecule has 1 heterocycles. The summed E-state index contributed by atoms with van der Waals surface area (Å²) < 4.78 is 43.6. The first-order valence-corrected chi connectivity index (χ1v) is 7.95. The first-order chi connectivity index (χ1) is 6.56. The van der Waals surface area contributed by atoms with Crippen LogP contribution in [-0.4, -0.2) is 26.0 Å². The molecule has 1 aliphatic heterocycles. The van der Waals surface area contributed by atoms with Crippen molar-refractivity contribution < 1.29 is 22.4 Å². The fourth-order valence-corrected chi connectivity index (χ4v) is 2.53. The molecule has 0 aliphatic carbocycles. The van der Waals surface area contributed by atoms with Crippen molar-refractivity contribution in [3.63, 3.8) is 0 Å². The Hall–Kier alpha value is -0.563. The van der Waals surface area contributed by atoms with Crippen LogP contribution in [0.1, 0.15) is 13.3 Å². The third-order valence-electron chi connectivity index (χ3n) is 1.74. The van der Waals surface area contributed by atoms with Gasteiger partial charge in [0.15, 0.2) is 8.32 Å². The second-order valence-corrected chi connectivity index (χ2v) is 8.99. The number of rotatable bonds is 2. The Labute approximate surface area is 87.4 Å². The van der Waals surface area contributed by atoms with Crippen molar-refractivity contribution in [3.8, 4) is 0 Å². The standard InChI is InChI=1S/C8H14F3NO2Si/c1-6-5-7(13-12-6,8(9,10)11)14-15(2,3)4/h5H2,1-4H3. The van der Waals surface area contributed by atoms with Gasteiger partial charge in [-0.3, -0.25) is 0 Å². The third kappa shape index (κ3) is 2.72. The van der Waals surface area contributed by atoms with E-state index in [1.807, 2.05) is 0 Å². The van der Waals surface area contributed by atoms with Crippen LogP contribution in [0.4, 0.5) is 13.2 Å². The minimum Gasteiger partial charge on any atom is -0.373 e. The van der Waals surface area contributed by atoms with Crippen molar-refractivity contribution in [1.82, 2.24) is 0 Å². The second-order valence-electron chi connectivity index (χ2n) is 4.56. The van der Waals surface area contributed by atoms with Crippen molar-refractivity contribution in [3.05, 3.63) is 0 Å². The van der Waals surface area contributed by atoms with E-state index in [4.69, 9.17) is 4.43 Å². The van der Waals surface area contributed by atoms with Crippen LogP contribution in [-0.2, 0) is 9.26 Å². The van der Waals surface area contributed by atoms with Gasteiger partial charge in [-0.25, -0.2) is 0 Å². The molecule has 1 unspecified atom stereocenters. The fraction of sp³-hybridized carbons (Fsp3) is 0.875. The topological polar surface area (TPSA) is 30.8 Å². The van der Waals surface area contributed by atoms with Gasteiger partial charge in [0.05, 0.1) is 12.1 Å². The van der Waals surface area contributed by atoms with E-state index in [2.05, 4.69) is 9.99 Å². The SMILES string of the molecule is CC1=NOC(O[Si](C)(C)C)(C(F)(F)F)C1. The summed E-state index contributed by atoms with van der Waals surface area (Å²) in [4.78, 5) is 4.47. The van der Waals surface area contributed by atoms with Crippen LogP contribution >= 0.6 is 0 Å². The Balaban J connectivity index is 2.91. The van der Waals surface area contributed by atoms with Crippen molar-refractivity contribution >= 4 is 14.0 Å². The van der Waals surface area contributed by atoms with Crippen LogP contribution in [0.15, 0.2) is 5.16 Å². The molecule has 0 spiro atoms. The van der Waals surface area contributed by atoms with Crippen molar-refractivity contribution in [2.75, 3.05) is 0 Å². The van der Waals surface area contributed by atoms with E-state index in [0.29, 0.717) is 5.71 Å². The number of hydrogen-bond donors (Lipinski definition) is 0. The number of oxime groups is 1. The predicted octanol–water partition coefficient (Wildman–Crippen LogP) is 2.89. The molecular weight excluding hydrogens is 227 g/mol. The Kier molecular flexibility index (Phi) is 2.90. The number of hydrogen-bond acceptors (Lipinski definition) is 3. The van der Waals surface area contributed by atoms with Gasteiger partial charge in [-0.1, -0.05) is 5.16 Å². The first-order valence-electron chi connectivity index (χ1n) is 4.54. The fourth-order valence-electron chi connectivity index (χ4n) is 1.31. The summed E-state index contributed by atoms with van der Waals surface area (Å²) in [6.07, 6.45) is -4.91. The van der Waals surface area contributed by atoms with Crippen LogP contribution in [0.25, 0.3) is 0 Å². The number of halogens is 3. The van der Waals surface area contributed by atoms with E-state index in [9.17, 15) is 13.2 Å². The Morgan fingerprint density at radius 3 is 2.20 bits per heavy atom. The normalized spacial score (nSPS) is 27.5. The third-order valence-corrected chi connectivity index (χ3v) is 2.68. The van der Waals surface area contributed by atoms with Crippen molar-refractivity contribution in [2.24, 2.45) is 5.16 Å². The molecule has 3 nitrogen and oxygen atoms in total. The van der Waals surface area contributed by atoms with E-state index < -0.39 is 20.3 Å². The maximum Gasteiger partial charge on any atom is 0.457 e. The van der Waals surface area contributed by atoms with Crippen LogP contribution in [0.5, 0.6) is 0 Å². The molecule has 7 heteroatoms. The maximum absolute atomic E-state index is 12.8. The molecule has 0 aromatic heterocycles. The number of nitrogens with zero attached hydrogens (tertiary/aromatic N) is 1. The van der Waals surface area contributed by atoms with Crippen LogP contribution in [0, 0.1) is 0 Å². The van der Waals surface area contributed by atoms with Crippen molar-refractivity contribution in [2.45, 2.75) is 44.9 Å². The second kappa shape index (κ2) is 3.48. The Bertz CT molecular complexity index is 285. The molecule has 0 fully saturated rings. The highest BCUT2D eigenvalue weighted by atomic mass is 28.4. The molecule has 0 radical (unpaired) electrons. The van der Waals surface area contributed by atoms with Gasteiger partial charge in [0.25, 0.3) is 0 Å². The van der Waals surface area contributed by atoms with Crippen LogP contribution < -0.4 is 0 Å². The minimum absolute atomic E-state index is 0.297. The molecular formula is C8H14F3NO2Si. The summed E-state index contributed by atoms with van der Waals surface area (Å²) >= 11 is 0. The Morgan fingerprint density at radius 1 is 1.40 bits per heavy atom. The van der Waals surface area contributed by atoms with Crippen LogP contribution in [0.3, 0.4) is 0 Å². The molecule has 88 valence electrons. The molecule has 1 aliphatic rings. The summed E-state index contributed by atoms with van der Waals surface area (Å²) in [5.74, 6) is -2.55. The van der Waals surface area contributed by atoms with Gasteiger partial charge in [0, 0.05) is 0 Å². The van der Waals surface area contributed by atoms with Crippen LogP contribution in [0.2, 0.25) is 19.6 Å². The first kappa shape index (κ1) is 12.5.